The van der Waals surface area contributed by atoms with Gasteiger partial charge in [-0.1, -0.05) is 61.6 Å². The van der Waals surface area contributed by atoms with Gasteiger partial charge in [-0.15, -0.1) is 0 Å². The monoisotopic (exact) mass is 411 g/mol. The lowest BCUT2D eigenvalue weighted by Gasteiger charge is -2.15. The van der Waals surface area contributed by atoms with Crippen LogP contribution in [0.3, 0.4) is 0 Å². The maximum atomic E-state index is 12.9. The van der Waals surface area contributed by atoms with Gasteiger partial charge < -0.3 is 4.74 Å². The Bertz CT molecular complexity index is 918. The minimum Gasteiger partial charge on any atom is -0.465 e. The highest BCUT2D eigenvalue weighted by atomic mass is 32.2. The predicted octanol–water partition coefficient (Wildman–Crippen LogP) is 5.22. The highest BCUT2D eigenvalue weighted by molar-refractivity contribution is 8.27. The van der Waals surface area contributed by atoms with Crippen molar-refractivity contribution >= 4 is 51.9 Å². The fourth-order valence-corrected chi connectivity index (χ4v) is 4.17. The average Bonchev–Trinajstić information content (AvgIpc) is 3.00. The van der Waals surface area contributed by atoms with E-state index in [2.05, 4.69) is 19.1 Å². The molecular weight excluding hydrogens is 390 g/mol. The van der Waals surface area contributed by atoms with Gasteiger partial charge in [0.25, 0.3) is 5.91 Å². The molecule has 2 aromatic carbocycles. The number of unbranched alkanes of at least 4 members (excludes halogenated alkanes) is 1. The van der Waals surface area contributed by atoms with E-state index in [1.165, 1.54) is 24.4 Å². The maximum absolute atomic E-state index is 12.9. The molecule has 1 saturated heterocycles. The van der Waals surface area contributed by atoms with Crippen molar-refractivity contribution in [3.63, 3.8) is 0 Å². The molecular formula is C22H21NO3S2. The Morgan fingerprint density at radius 1 is 1.14 bits per heavy atom. The molecule has 1 aliphatic rings. The van der Waals surface area contributed by atoms with Gasteiger partial charge in [0.05, 0.1) is 23.3 Å². The summed E-state index contributed by atoms with van der Waals surface area (Å²) >= 11 is 6.71. The van der Waals surface area contributed by atoms with Gasteiger partial charge in [0, 0.05) is 0 Å². The number of rotatable bonds is 6. The molecule has 0 radical (unpaired) electrons. The molecule has 1 heterocycles. The summed E-state index contributed by atoms with van der Waals surface area (Å²) in [6.45, 7) is 2.17. The maximum Gasteiger partial charge on any atom is 0.337 e. The molecule has 1 aliphatic heterocycles. The van der Waals surface area contributed by atoms with Crippen molar-refractivity contribution in [3.05, 3.63) is 70.1 Å². The lowest BCUT2D eigenvalue weighted by molar-refractivity contribution is -0.113. The van der Waals surface area contributed by atoms with E-state index in [4.69, 9.17) is 17.0 Å². The number of thioether (sulfide) groups is 1. The summed E-state index contributed by atoms with van der Waals surface area (Å²) in [6, 6.07) is 14.9. The number of nitrogens with zero attached hydrogens (tertiary/aromatic N) is 1. The van der Waals surface area contributed by atoms with Crippen LogP contribution in [0.15, 0.2) is 53.4 Å². The van der Waals surface area contributed by atoms with Crippen molar-refractivity contribution in [1.82, 2.24) is 0 Å². The number of methoxy groups -OCH3 is 1. The van der Waals surface area contributed by atoms with E-state index in [0.29, 0.717) is 14.8 Å². The summed E-state index contributed by atoms with van der Waals surface area (Å²) < 4.78 is 5.21. The molecule has 0 saturated carbocycles. The van der Waals surface area contributed by atoms with Crippen LogP contribution >= 0.6 is 24.0 Å². The Morgan fingerprint density at radius 3 is 2.43 bits per heavy atom. The number of anilines is 1. The number of aryl methyl sites for hydroxylation is 1. The lowest BCUT2D eigenvalue weighted by Crippen LogP contribution is -2.27. The molecule has 0 aromatic heterocycles. The molecule has 4 nitrogen and oxygen atoms in total. The highest BCUT2D eigenvalue weighted by Crippen LogP contribution is 2.36. The number of ether oxygens (including phenoxy) is 1. The fraction of sp³-hybridized carbons (Fsp3) is 0.227. The van der Waals surface area contributed by atoms with E-state index in [9.17, 15) is 9.59 Å². The van der Waals surface area contributed by atoms with Crippen molar-refractivity contribution in [2.75, 3.05) is 12.0 Å². The van der Waals surface area contributed by atoms with Crippen LogP contribution in [-0.2, 0) is 16.0 Å². The predicted molar refractivity (Wildman–Crippen MR) is 118 cm³/mol. The van der Waals surface area contributed by atoms with Crippen LogP contribution in [0.25, 0.3) is 6.08 Å². The first-order chi connectivity index (χ1) is 13.5. The van der Waals surface area contributed by atoms with Gasteiger partial charge in [-0.05, 0) is 54.3 Å². The van der Waals surface area contributed by atoms with E-state index in [0.717, 1.165) is 30.5 Å². The zero-order valence-electron chi connectivity index (χ0n) is 15.8. The smallest absolute Gasteiger partial charge is 0.337 e. The lowest BCUT2D eigenvalue weighted by atomic mass is 10.1. The molecule has 0 N–H and O–H groups in total. The van der Waals surface area contributed by atoms with Crippen LogP contribution in [0.4, 0.5) is 5.69 Å². The number of carbonyl (C=O) groups is 2. The second kappa shape index (κ2) is 9.17. The zero-order chi connectivity index (χ0) is 20.1. The van der Waals surface area contributed by atoms with Gasteiger partial charge in [-0.25, -0.2) is 4.79 Å². The first-order valence-corrected chi connectivity index (χ1v) is 10.3. The van der Waals surface area contributed by atoms with E-state index in [1.807, 2.05) is 12.1 Å². The summed E-state index contributed by atoms with van der Waals surface area (Å²) in [6.07, 6.45) is 5.13. The molecule has 2 aromatic rings. The summed E-state index contributed by atoms with van der Waals surface area (Å²) in [7, 11) is 1.35. The fourth-order valence-electron chi connectivity index (χ4n) is 2.87. The number of thiocarbonyl (C=S) groups is 1. The molecule has 0 unspecified atom stereocenters. The molecule has 144 valence electrons. The molecule has 0 bridgehead atoms. The van der Waals surface area contributed by atoms with Crippen LogP contribution < -0.4 is 4.90 Å². The number of amides is 1. The van der Waals surface area contributed by atoms with Gasteiger partial charge in [-0.3, -0.25) is 9.69 Å². The standard InChI is InChI=1S/C22H21NO3S2/c1-3-4-5-15-8-12-18(13-9-15)23-20(24)19(28-22(23)27)14-16-6-10-17(11-7-16)21(25)26-2/h6-14H,3-5H2,1-2H3/b19-14-. The number of esters is 1. The van der Waals surface area contributed by atoms with Crippen molar-refractivity contribution in [3.8, 4) is 0 Å². The summed E-state index contributed by atoms with van der Waals surface area (Å²) in [5, 5.41) is 0. The van der Waals surface area contributed by atoms with E-state index in [-0.39, 0.29) is 11.9 Å². The van der Waals surface area contributed by atoms with Crippen molar-refractivity contribution in [2.24, 2.45) is 0 Å². The van der Waals surface area contributed by atoms with Crippen molar-refractivity contribution in [2.45, 2.75) is 26.2 Å². The van der Waals surface area contributed by atoms with Crippen molar-refractivity contribution < 1.29 is 14.3 Å². The first kappa shape index (κ1) is 20.3. The number of carbonyl (C=O) groups excluding carboxylic acids is 2. The van der Waals surface area contributed by atoms with Crippen LogP contribution in [0.1, 0.15) is 41.3 Å². The Hall–Kier alpha value is -2.44. The van der Waals surface area contributed by atoms with E-state index >= 15 is 0 Å². The Labute approximate surface area is 174 Å². The molecule has 0 spiro atoms. The van der Waals surface area contributed by atoms with Crippen molar-refractivity contribution in [1.29, 1.82) is 0 Å². The van der Waals surface area contributed by atoms with Crippen LogP contribution in [0, 0.1) is 0 Å². The van der Waals surface area contributed by atoms with Crippen LogP contribution in [-0.4, -0.2) is 23.3 Å². The normalized spacial score (nSPS) is 15.4. The number of benzene rings is 2. The Balaban J connectivity index is 1.77. The third-order valence-electron chi connectivity index (χ3n) is 4.44. The quantitative estimate of drug-likeness (QED) is 0.370. The van der Waals surface area contributed by atoms with Gasteiger partial charge in [0.15, 0.2) is 4.32 Å². The molecule has 3 rings (SSSR count). The summed E-state index contributed by atoms with van der Waals surface area (Å²) in [5.41, 5.74) is 3.34. The molecule has 0 atom stereocenters. The van der Waals surface area contributed by atoms with Gasteiger partial charge >= 0.3 is 5.97 Å². The summed E-state index contributed by atoms with van der Waals surface area (Å²) in [5.74, 6) is -0.520. The topological polar surface area (TPSA) is 46.6 Å². The van der Waals surface area contributed by atoms with Crippen LogP contribution in [0.5, 0.6) is 0 Å². The zero-order valence-corrected chi connectivity index (χ0v) is 17.4. The number of hydrogen-bond donors (Lipinski definition) is 0. The Kier molecular flexibility index (Phi) is 6.65. The third-order valence-corrected chi connectivity index (χ3v) is 5.74. The summed E-state index contributed by atoms with van der Waals surface area (Å²) in [4.78, 5) is 26.5. The third kappa shape index (κ3) is 4.51. The molecule has 1 fully saturated rings. The molecule has 1 amide bonds. The van der Waals surface area contributed by atoms with Gasteiger partial charge in [0.2, 0.25) is 0 Å². The van der Waals surface area contributed by atoms with Crippen LogP contribution in [0.2, 0.25) is 0 Å². The van der Waals surface area contributed by atoms with E-state index < -0.39 is 0 Å². The van der Waals surface area contributed by atoms with Gasteiger partial charge in [-0.2, -0.15) is 0 Å². The minimum atomic E-state index is -0.389. The first-order valence-electron chi connectivity index (χ1n) is 9.08. The second-order valence-electron chi connectivity index (χ2n) is 6.40. The molecule has 6 heteroatoms. The minimum absolute atomic E-state index is 0.131. The Morgan fingerprint density at radius 2 is 1.82 bits per heavy atom. The largest absolute Gasteiger partial charge is 0.465 e. The molecule has 0 aliphatic carbocycles. The highest BCUT2D eigenvalue weighted by Gasteiger charge is 2.33. The average molecular weight is 412 g/mol. The molecule has 28 heavy (non-hydrogen) atoms. The second-order valence-corrected chi connectivity index (χ2v) is 8.08. The van der Waals surface area contributed by atoms with Gasteiger partial charge in [0.1, 0.15) is 0 Å². The SMILES string of the molecule is CCCCc1ccc(N2C(=O)/C(=C/c3ccc(C(=O)OC)cc3)SC2=S)cc1. The van der Waals surface area contributed by atoms with E-state index in [1.54, 1.807) is 35.2 Å². The number of hydrogen-bond acceptors (Lipinski definition) is 5.